The van der Waals surface area contributed by atoms with Crippen molar-refractivity contribution in [2.75, 3.05) is 19.7 Å². The first-order valence-electron chi connectivity index (χ1n) is 11.7. The molecule has 0 saturated carbocycles. The van der Waals surface area contributed by atoms with E-state index in [9.17, 15) is 31.1 Å². The number of carbonyl (C=O) groups excluding carboxylic acids is 1. The number of rotatable bonds is 6. The van der Waals surface area contributed by atoms with Crippen LogP contribution in [0.25, 0.3) is 0 Å². The van der Waals surface area contributed by atoms with E-state index in [1.165, 1.54) is 18.2 Å². The summed E-state index contributed by atoms with van der Waals surface area (Å²) in [5.41, 5.74) is -2.56. The quantitative estimate of drug-likeness (QED) is 0.426. The first-order chi connectivity index (χ1) is 17.0. The van der Waals surface area contributed by atoms with E-state index >= 15 is 0 Å². The van der Waals surface area contributed by atoms with Crippen LogP contribution in [0.4, 0.5) is 31.1 Å². The zero-order valence-corrected chi connectivity index (χ0v) is 19.2. The molecule has 3 saturated heterocycles. The van der Waals surface area contributed by atoms with Gasteiger partial charge in [0, 0.05) is 18.5 Å². The fourth-order valence-corrected chi connectivity index (χ4v) is 4.68. The zero-order chi connectivity index (χ0) is 26.0. The van der Waals surface area contributed by atoms with Gasteiger partial charge in [0.05, 0.1) is 24.9 Å². The van der Waals surface area contributed by atoms with Gasteiger partial charge in [-0.3, -0.25) is 15.4 Å². The number of urea groups is 1. The van der Waals surface area contributed by atoms with E-state index in [4.69, 9.17) is 9.47 Å². The van der Waals surface area contributed by atoms with Gasteiger partial charge in [-0.2, -0.15) is 13.2 Å². The molecule has 0 aromatic heterocycles. The lowest BCUT2D eigenvalue weighted by Crippen LogP contribution is -2.61. The Labute approximate surface area is 203 Å². The van der Waals surface area contributed by atoms with Crippen molar-refractivity contribution in [3.8, 4) is 5.75 Å². The number of carbonyl (C=O) groups is 1. The Balaban J connectivity index is 1.36. The Hall–Kier alpha value is -2.29. The summed E-state index contributed by atoms with van der Waals surface area (Å²) in [6, 6.07) is 4.65. The lowest BCUT2D eigenvalue weighted by Gasteiger charge is -2.44. The highest BCUT2D eigenvalue weighted by molar-refractivity contribution is 5.74. The molecule has 14 heteroatoms. The van der Waals surface area contributed by atoms with E-state index in [1.54, 1.807) is 6.07 Å². The molecule has 5 unspecified atom stereocenters. The molecule has 3 aliphatic heterocycles. The predicted molar refractivity (Wildman–Crippen MR) is 114 cm³/mol. The molecule has 4 N–H and O–H groups in total. The highest BCUT2D eigenvalue weighted by Gasteiger charge is 2.62. The number of hydrogen-bond donors (Lipinski definition) is 4. The SMILES string of the molecule is O=C(NC1CCC(OC(F)(F)F)CN1)NC1CCCNC1Oc1ccccc1C1(C(F)(F)F)CCO1. The summed E-state index contributed by atoms with van der Waals surface area (Å²) < 4.78 is 93.6. The number of hydrogen-bond acceptors (Lipinski definition) is 6. The minimum atomic E-state index is -4.73. The summed E-state index contributed by atoms with van der Waals surface area (Å²) in [4.78, 5) is 12.6. The predicted octanol–water partition coefficient (Wildman–Crippen LogP) is 3.24. The molecule has 2 amide bonds. The lowest BCUT2D eigenvalue weighted by molar-refractivity contribution is -0.344. The first kappa shape index (κ1) is 26.8. The number of ether oxygens (including phenoxy) is 3. The number of amides is 2. The molecule has 8 nitrogen and oxygen atoms in total. The number of halogens is 6. The van der Waals surface area contributed by atoms with Crippen molar-refractivity contribution in [1.29, 1.82) is 0 Å². The third kappa shape index (κ3) is 6.15. The maximum absolute atomic E-state index is 13.8. The number of nitrogens with one attached hydrogen (secondary N) is 4. The molecule has 1 aromatic rings. The van der Waals surface area contributed by atoms with Crippen molar-refractivity contribution >= 4 is 6.03 Å². The number of para-hydroxylation sites is 1. The second kappa shape index (κ2) is 10.6. The summed E-state index contributed by atoms with van der Waals surface area (Å²) in [5.74, 6) is 0.00536. The summed E-state index contributed by atoms with van der Waals surface area (Å²) in [5, 5.41) is 11.3. The zero-order valence-electron chi connectivity index (χ0n) is 19.2. The van der Waals surface area contributed by atoms with E-state index in [0.717, 1.165) is 0 Å². The van der Waals surface area contributed by atoms with Gasteiger partial charge < -0.3 is 20.1 Å². The van der Waals surface area contributed by atoms with Crippen LogP contribution in [0.3, 0.4) is 0 Å². The van der Waals surface area contributed by atoms with Crippen LogP contribution in [0.5, 0.6) is 5.75 Å². The van der Waals surface area contributed by atoms with Gasteiger partial charge in [0.1, 0.15) is 5.75 Å². The van der Waals surface area contributed by atoms with E-state index in [1.807, 2.05) is 0 Å². The number of alkyl halides is 6. The maximum atomic E-state index is 13.8. The normalized spacial score (nSPS) is 31.3. The van der Waals surface area contributed by atoms with E-state index in [-0.39, 0.29) is 43.7 Å². The van der Waals surface area contributed by atoms with E-state index in [0.29, 0.717) is 19.4 Å². The maximum Gasteiger partial charge on any atom is 0.522 e. The van der Waals surface area contributed by atoms with Crippen LogP contribution < -0.4 is 26.0 Å². The average Bonchev–Trinajstić information content (AvgIpc) is 2.75. The second-order valence-electron chi connectivity index (χ2n) is 9.00. The van der Waals surface area contributed by atoms with Crippen LogP contribution in [0.15, 0.2) is 24.3 Å². The number of piperidine rings is 2. The minimum absolute atomic E-state index is 0.00536. The molecule has 0 aliphatic carbocycles. The average molecular weight is 526 g/mol. The van der Waals surface area contributed by atoms with Gasteiger partial charge in [-0.05, 0) is 38.3 Å². The molecule has 3 aliphatic rings. The van der Waals surface area contributed by atoms with Crippen LogP contribution in [0.2, 0.25) is 0 Å². The summed E-state index contributed by atoms with van der Waals surface area (Å²) in [7, 11) is 0. The molecule has 0 radical (unpaired) electrons. The largest absolute Gasteiger partial charge is 0.522 e. The van der Waals surface area contributed by atoms with Gasteiger partial charge in [-0.1, -0.05) is 18.2 Å². The summed E-state index contributed by atoms with van der Waals surface area (Å²) in [6.45, 7) is 0.442. The van der Waals surface area contributed by atoms with Crippen LogP contribution in [-0.4, -0.2) is 62.8 Å². The second-order valence-corrected chi connectivity index (χ2v) is 9.00. The van der Waals surface area contributed by atoms with E-state index in [2.05, 4.69) is 26.0 Å². The Morgan fingerprint density at radius 3 is 2.42 bits per heavy atom. The Bertz CT molecular complexity index is 903. The topological polar surface area (TPSA) is 92.9 Å². The highest BCUT2D eigenvalue weighted by atomic mass is 19.4. The van der Waals surface area contributed by atoms with Gasteiger partial charge >= 0.3 is 18.6 Å². The van der Waals surface area contributed by atoms with Gasteiger partial charge in [0.15, 0.2) is 11.8 Å². The third-order valence-electron chi connectivity index (χ3n) is 6.53. The molecule has 3 heterocycles. The molecule has 3 fully saturated rings. The van der Waals surface area contributed by atoms with Crippen molar-refractivity contribution in [3.63, 3.8) is 0 Å². The van der Waals surface area contributed by atoms with Crippen molar-refractivity contribution in [3.05, 3.63) is 29.8 Å². The Kier molecular flexibility index (Phi) is 7.88. The Morgan fingerprint density at radius 1 is 1.06 bits per heavy atom. The van der Waals surface area contributed by atoms with Gasteiger partial charge in [0.25, 0.3) is 0 Å². The molecular weight excluding hydrogens is 498 g/mol. The van der Waals surface area contributed by atoms with Crippen molar-refractivity contribution in [2.45, 2.75) is 74.8 Å². The Morgan fingerprint density at radius 2 is 1.81 bits per heavy atom. The molecule has 4 rings (SSSR count). The fraction of sp³-hybridized carbons (Fsp3) is 0.682. The van der Waals surface area contributed by atoms with E-state index < -0.39 is 48.7 Å². The van der Waals surface area contributed by atoms with Gasteiger partial charge in [-0.25, -0.2) is 4.79 Å². The van der Waals surface area contributed by atoms with Crippen molar-refractivity contribution in [1.82, 2.24) is 21.3 Å². The van der Waals surface area contributed by atoms with Crippen LogP contribution >= 0.6 is 0 Å². The van der Waals surface area contributed by atoms with Crippen LogP contribution in [0, 0.1) is 0 Å². The molecule has 0 spiro atoms. The van der Waals surface area contributed by atoms with Crippen molar-refractivity contribution < 1.29 is 45.3 Å². The standard InChI is InChI=1S/C22H28F6N4O4/c23-21(24,25)20(9-11-34-20)14-4-1-2-6-16(14)35-18-15(5-3-10-29-18)31-19(33)32-17-8-7-13(12-30-17)36-22(26,27)28/h1-2,4,6,13,15,17-18,29-30H,3,5,7-12H2,(H2,31,32,33). The summed E-state index contributed by atoms with van der Waals surface area (Å²) in [6.07, 6.45) is -10.4. The van der Waals surface area contributed by atoms with Crippen LogP contribution in [0.1, 0.15) is 37.7 Å². The molecule has 1 aromatic carbocycles. The van der Waals surface area contributed by atoms with Gasteiger partial charge in [0.2, 0.25) is 0 Å². The summed E-state index contributed by atoms with van der Waals surface area (Å²) >= 11 is 0. The molecule has 5 atom stereocenters. The molecular formula is C22H28F6N4O4. The fourth-order valence-electron chi connectivity index (χ4n) is 4.68. The lowest BCUT2D eigenvalue weighted by atomic mass is 9.85. The molecule has 0 bridgehead atoms. The third-order valence-corrected chi connectivity index (χ3v) is 6.53. The smallest absolute Gasteiger partial charge is 0.473 e. The van der Waals surface area contributed by atoms with Crippen molar-refractivity contribution in [2.24, 2.45) is 0 Å². The minimum Gasteiger partial charge on any atom is -0.473 e. The van der Waals surface area contributed by atoms with Crippen LogP contribution in [-0.2, 0) is 15.1 Å². The molecule has 202 valence electrons. The monoisotopic (exact) mass is 526 g/mol. The number of benzene rings is 1. The highest BCUT2D eigenvalue weighted by Crippen LogP contribution is 2.52. The van der Waals surface area contributed by atoms with Gasteiger partial charge in [-0.15, -0.1) is 13.2 Å². The molecule has 36 heavy (non-hydrogen) atoms. The first-order valence-corrected chi connectivity index (χ1v) is 11.7.